The molecular weight excluding hydrogens is 336 g/mol. The van der Waals surface area contributed by atoms with Crippen molar-refractivity contribution in [3.63, 3.8) is 0 Å². The predicted octanol–water partition coefficient (Wildman–Crippen LogP) is 4.23. The molecule has 0 spiro atoms. The number of rotatable bonds is 5. The van der Waals surface area contributed by atoms with E-state index in [1.165, 1.54) is 0 Å². The van der Waals surface area contributed by atoms with Crippen LogP contribution in [0.3, 0.4) is 0 Å². The molecule has 0 saturated heterocycles. The number of thiocarbonyl (C=S) groups is 1. The second-order valence-corrected chi connectivity index (χ2v) is 5.49. The van der Waals surface area contributed by atoms with Crippen LogP contribution >= 0.6 is 28.1 Å². The van der Waals surface area contributed by atoms with Gasteiger partial charge in [-0.1, -0.05) is 28.1 Å². The van der Waals surface area contributed by atoms with Gasteiger partial charge in [-0.3, -0.25) is 0 Å². The lowest BCUT2D eigenvalue weighted by Crippen LogP contribution is -2.11. The smallest absolute Gasteiger partial charge is 0.119 e. The molecule has 0 aliphatic rings. The highest BCUT2D eigenvalue weighted by molar-refractivity contribution is 9.10. The molecule has 2 aromatic rings. The van der Waals surface area contributed by atoms with Gasteiger partial charge < -0.3 is 15.8 Å². The van der Waals surface area contributed by atoms with Crippen LogP contribution in [0, 0.1) is 0 Å². The van der Waals surface area contributed by atoms with E-state index in [2.05, 4.69) is 21.2 Å². The first-order chi connectivity index (χ1) is 9.60. The summed E-state index contributed by atoms with van der Waals surface area (Å²) in [6.45, 7) is 2.62. The van der Waals surface area contributed by atoms with Crippen molar-refractivity contribution in [3.05, 3.63) is 52.5 Å². The van der Waals surface area contributed by atoms with E-state index >= 15 is 0 Å². The molecule has 0 aliphatic carbocycles. The first kappa shape index (κ1) is 14.8. The quantitative estimate of drug-likeness (QED) is 0.792. The normalized spacial score (nSPS) is 10.1. The average molecular weight is 351 g/mol. The summed E-state index contributed by atoms with van der Waals surface area (Å²) in [6.07, 6.45) is 0. The van der Waals surface area contributed by atoms with E-state index in [0.29, 0.717) is 11.6 Å². The number of hydrogen-bond acceptors (Lipinski definition) is 3. The van der Waals surface area contributed by atoms with Crippen molar-refractivity contribution in [1.29, 1.82) is 0 Å². The van der Waals surface area contributed by atoms with Crippen molar-refractivity contribution in [1.82, 2.24) is 0 Å². The van der Waals surface area contributed by atoms with Gasteiger partial charge in [-0.25, -0.2) is 0 Å². The molecule has 0 bridgehead atoms. The Hall–Kier alpha value is -1.59. The van der Waals surface area contributed by atoms with E-state index in [1.54, 1.807) is 0 Å². The standard InChI is InChI=1S/C15H15BrN2OS/c1-2-19-12-6-4-11(5-7-12)18-14-8-3-10(16)9-13(14)15(17)20/h3-9,18H,2H2,1H3,(H2,17,20). The molecule has 104 valence electrons. The molecule has 0 saturated carbocycles. The highest BCUT2D eigenvalue weighted by Gasteiger charge is 2.06. The molecule has 0 aromatic heterocycles. The largest absolute Gasteiger partial charge is 0.494 e. The fraction of sp³-hybridized carbons (Fsp3) is 0.133. The lowest BCUT2D eigenvalue weighted by Gasteiger charge is -2.12. The van der Waals surface area contributed by atoms with Gasteiger partial charge in [-0.2, -0.15) is 0 Å². The third-order valence-electron chi connectivity index (χ3n) is 2.69. The second kappa shape index (κ2) is 6.72. The number of ether oxygens (including phenoxy) is 1. The zero-order chi connectivity index (χ0) is 14.5. The van der Waals surface area contributed by atoms with Crippen molar-refractivity contribution >= 4 is 44.5 Å². The van der Waals surface area contributed by atoms with Crippen LogP contribution in [0.15, 0.2) is 46.9 Å². The Labute approximate surface area is 132 Å². The molecule has 0 radical (unpaired) electrons. The van der Waals surface area contributed by atoms with Crippen molar-refractivity contribution in [2.75, 3.05) is 11.9 Å². The monoisotopic (exact) mass is 350 g/mol. The van der Waals surface area contributed by atoms with Crippen LogP contribution in [0.2, 0.25) is 0 Å². The number of nitrogens with two attached hydrogens (primary N) is 1. The molecule has 2 aromatic carbocycles. The molecule has 0 heterocycles. The number of benzene rings is 2. The third kappa shape index (κ3) is 3.71. The van der Waals surface area contributed by atoms with E-state index in [-0.39, 0.29) is 0 Å². The molecular formula is C15H15BrN2OS. The summed E-state index contributed by atoms with van der Waals surface area (Å²) in [6, 6.07) is 13.5. The van der Waals surface area contributed by atoms with Crippen LogP contribution in [0.4, 0.5) is 11.4 Å². The zero-order valence-corrected chi connectivity index (χ0v) is 13.4. The molecule has 0 unspecified atom stereocenters. The van der Waals surface area contributed by atoms with Crippen LogP contribution in [-0.4, -0.2) is 11.6 Å². The van der Waals surface area contributed by atoms with E-state index in [0.717, 1.165) is 27.2 Å². The van der Waals surface area contributed by atoms with E-state index in [4.69, 9.17) is 22.7 Å². The van der Waals surface area contributed by atoms with Crippen LogP contribution in [0.5, 0.6) is 5.75 Å². The minimum absolute atomic E-state index is 0.361. The summed E-state index contributed by atoms with van der Waals surface area (Å²) < 4.78 is 6.36. The van der Waals surface area contributed by atoms with Gasteiger partial charge in [0.15, 0.2) is 0 Å². The zero-order valence-electron chi connectivity index (χ0n) is 11.0. The molecule has 0 fully saturated rings. The summed E-state index contributed by atoms with van der Waals surface area (Å²) in [5.74, 6) is 0.850. The summed E-state index contributed by atoms with van der Waals surface area (Å²) in [5, 5.41) is 3.31. The van der Waals surface area contributed by atoms with Crippen molar-refractivity contribution in [2.45, 2.75) is 6.92 Å². The Morgan fingerprint density at radius 3 is 2.55 bits per heavy atom. The maximum absolute atomic E-state index is 5.75. The Kier molecular flexibility index (Phi) is 4.98. The van der Waals surface area contributed by atoms with Gasteiger partial charge in [0.1, 0.15) is 10.7 Å². The minimum Gasteiger partial charge on any atom is -0.494 e. The molecule has 20 heavy (non-hydrogen) atoms. The number of anilines is 2. The SMILES string of the molecule is CCOc1ccc(Nc2ccc(Br)cc2C(N)=S)cc1. The lowest BCUT2D eigenvalue weighted by atomic mass is 10.1. The Bertz CT molecular complexity index is 614. The second-order valence-electron chi connectivity index (χ2n) is 4.14. The summed E-state index contributed by atoms with van der Waals surface area (Å²) in [5.41, 5.74) is 8.39. The van der Waals surface area contributed by atoms with Gasteiger partial charge in [0.05, 0.1) is 6.61 Å². The van der Waals surface area contributed by atoms with Gasteiger partial charge >= 0.3 is 0 Å². The van der Waals surface area contributed by atoms with Crippen molar-refractivity contribution in [3.8, 4) is 5.75 Å². The maximum Gasteiger partial charge on any atom is 0.119 e. The Morgan fingerprint density at radius 1 is 1.25 bits per heavy atom. The molecule has 5 heteroatoms. The fourth-order valence-corrected chi connectivity index (χ4v) is 2.32. The highest BCUT2D eigenvalue weighted by atomic mass is 79.9. The van der Waals surface area contributed by atoms with Gasteiger partial charge in [-0.15, -0.1) is 0 Å². The topological polar surface area (TPSA) is 47.3 Å². The number of nitrogens with one attached hydrogen (secondary N) is 1. The average Bonchev–Trinajstić information content (AvgIpc) is 2.43. The molecule has 0 amide bonds. The van der Waals surface area contributed by atoms with Crippen LogP contribution in [0.25, 0.3) is 0 Å². The Morgan fingerprint density at radius 2 is 1.95 bits per heavy atom. The van der Waals surface area contributed by atoms with Gasteiger partial charge in [-0.05, 0) is 49.4 Å². The maximum atomic E-state index is 5.75. The number of hydrogen-bond donors (Lipinski definition) is 2. The number of halogens is 1. The molecule has 3 nitrogen and oxygen atoms in total. The Balaban J connectivity index is 2.23. The highest BCUT2D eigenvalue weighted by Crippen LogP contribution is 2.25. The molecule has 0 aliphatic heterocycles. The molecule has 0 atom stereocenters. The summed E-state index contributed by atoms with van der Waals surface area (Å²) >= 11 is 8.49. The van der Waals surface area contributed by atoms with Gasteiger partial charge in [0.2, 0.25) is 0 Å². The van der Waals surface area contributed by atoms with Crippen LogP contribution in [0.1, 0.15) is 12.5 Å². The minimum atomic E-state index is 0.361. The summed E-state index contributed by atoms with van der Waals surface area (Å²) in [7, 11) is 0. The van der Waals surface area contributed by atoms with Crippen LogP contribution in [-0.2, 0) is 0 Å². The molecule has 2 rings (SSSR count). The van der Waals surface area contributed by atoms with Crippen LogP contribution < -0.4 is 15.8 Å². The van der Waals surface area contributed by atoms with E-state index in [1.807, 2.05) is 49.4 Å². The van der Waals surface area contributed by atoms with E-state index < -0.39 is 0 Å². The van der Waals surface area contributed by atoms with E-state index in [9.17, 15) is 0 Å². The van der Waals surface area contributed by atoms with Gasteiger partial charge in [0, 0.05) is 21.4 Å². The lowest BCUT2D eigenvalue weighted by molar-refractivity contribution is 0.340. The van der Waals surface area contributed by atoms with Crippen molar-refractivity contribution in [2.24, 2.45) is 5.73 Å². The first-order valence-corrected chi connectivity index (χ1v) is 7.39. The van der Waals surface area contributed by atoms with Crippen molar-refractivity contribution < 1.29 is 4.74 Å². The third-order valence-corrected chi connectivity index (χ3v) is 3.40. The molecule has 3 N–H and O–H groups in total. The summed E-state index contributed by atoms with van der Waals surface area (Å²) in [4.78, 5) is 0.361. The van der Waals surface area contributed by atoms with Gasteiger partial charge in [0.25, 0.3) is 0 Å². The fourth-order valence-electron chi connectivity index (χ4n) is 1.79. The first-order valence-electron chi connectivity index (χ1n) is 6.19. The predicted molar refractivity (Wildman–Crippen MR) is 90.9 cm³/mol.